The van der Waals surface area contributed by atoms with Crippen molar-refractivity contribution in [1.29, 1.82) is 0 Å². The Morgan fingerprint density at radius 3 is 2.96 bits per heavy atom. The number of thiophene rings is 1. The number of piperidine rings is 1. The Labute approximate surface area is 170 Å². The van der Waals surface area contributed by atoms with Crippen LogP contribution in [0.25, 0.3) is 0 Å². The molecular formula is C20H31N3O2S2. The van der Waals surface area contributed by atoms with Gasteiger partial charge in [-0.3, -0.25) is 9.89 Å². The lowest BCUT2D eigenvalue weighted by Crippen LogP contribution is -2.47. The molecule has 0 amide bonds. The van der Waals surface area contributed by atoms with Crippen molar-refractivity contribution in [1.82, 2.24) is 4.90 Å². The SMILES string of the molecule is CCc1cc2c(s1)C1(CCN(C/C(C=NCCSC)=C/N)CC1)OCC2O. The van der Waals surface area contributed by atoms with Gasteiger partial charge < -0.3 is 15.6 Å². The average molecular weight is 410 g/mol. The van der Waals surface area contributed by atoms with Crippen LogP contribution < -0.4 is 5.73 Å². The van der Waals surface area contributed by atoms with E-state index in [0.717, 1.165) is 62.3 Å². The largest absolute Gasteiger partial charge is 0.404 e. The molecule has 1 spiro atoms. The number of aliphatic hydroxyl groups excluding tert-OH is 1. The first kappa shape index (κ1) is 20.9. The zero-order chi connectivity index (χ0) is 19.3. The van der Waals surface area contributed by atoms with Gasteiger partial charge in [0.15, 0.2) is 0 Å². The monoisotopic (exact) mass is 409 g/mol. The lowest BCUT2D eigenvalue weighted by molar-refractivity contribution is -0.127. The van der Waals surface area contributed by atoms with Gasteiger partial charge in [0.2, 0.25) is 0 Å². The zero-order valence-corrected chi connectivity index (χ0v) is 18.0. The molecule has 1 fully saturated rings. The molecule has 7 heteroatoms. The predicted octanol–water partition coefficient (Wildman–Crippen LogP) is 2.94. The number of likely N-dealkylation sites (tertiary alicyclic amines) is 1. The van der Waals surface area contributed by atoms with Crippen LogP contribution in [0.4, 0.5) is 0 Å². The molecule has 0 radical (unpaired) electrons. The van der Waals surface area contributed by atoms with Crippen LogP contribution in [0.2, 0.25) is 0 Å². The Kier molecular flexibility index (Phi) is 7.39. The van der Waals surface area contributed by atoms with Crippen molar-refractivity contribution >= 4 is 29.3 Å². The molecule has 1 atom stereocenters. The topological polar surface area (TPSA) is 71.1 Å². The number of nitrogens with two attached hydrogens (primary N) is 1. The molecule has 27 heavy (non-hydrogen) atoms. The van der Waals surface area contributed by atoms with E-state index in [0.29, 0.717) is 6.61 Å². The van der Waals surface area contributed by atoms with E-state index < -0.39 is 6.10 Å². The van der Waals surface area contributed by atoms with Crippen LogP contribution in [0.3, 0.4) is 0 Å². The fourth-order valence-electron chi connectivity index (χ4n) is 3.79. The van der Waals surface area contributed by atoms with E-state index in [1.165, 1.54) is 9.75 Å². The lowest BCUT2D eigenvalue weighted by atomic mass is 9.84. The Hall–Kier alpha value is -0.860. The molecule has 2 aliphatic rings. The summed E-state index contributed by atoms with van der Waals surface area (Å²) in [4.78, 5) is 9.47. The molecule has 150 valence electrons. The van der Waals surface area contributed by atoms with Crippen molar-refractivity contribution in [2.45, 2.75) is 37.9 Å². The van der Waals surface area contributed by atoms with Crippen LogP contribution in [0.1, 0.15) is 41.2 Å². The fourth-order valence-corrected chi connectivity index (χ4v) is 5.44. The van der Waals surface area contributed by atoms with Crippen molar-refractivity contribution < 1.29 is 9.84 Å². The van der Waals surface area contributed by atoms with Crippen molar-refractivity contribution in [3.05, 3.63) is 33.2 Å². The lowest BCUT2D eigenvalue weighted by Gasteiger charge is -2.44. The summed E-state index contributed by atoms with van der Waals surface area (Å²) in [6.07, 6.45) is 8.12. The number of aliphatic imine (C=N–C) groups is 1. The van der Waals surface area contributed by atoms with E-state index >= 15 is 0 Å². The highest BCUT2D eigenvalue weighted by Crippen LogP contribution is 2.48. The zero-order valence-electron chi connectivity index (χ0n) is 16.3. The molecule has 3 heterocycles. The minimum Gasteiger partial charge on any atom is -0.404 e. The molecular weight excluding hydrogens is 378 g/mol. The van der Waals surface area contributed by atoms with Gasteiger partial charge in [0.1, 0.15) is 11.7 Å². The van der Waals surface area contributed by atoms with E-state index in [9.17, 15) is 5.11 Å². The second-order valence-electron chi connectivity index (χ2n) is 7.22. The van der Waals surface area contributed by atoms with Gasteiger partial charge in [-0.1, -0.05) is 6.92 Å². The summed E-state index contributed by atoms with van der Waals surface area (Å²) in [5.41, 5.74) is 7.75. The first-order valence-corrected chi connectivity index (χ1v) is 11.9. The number of aliphatic hydroxyl groups is 1. The molecule has 1 aromatic rings. The summed E-state index contributed by atoms with van der Waals surface area (Å²) < 4.78 is 6.24. The Morgan fingerprint density at radius 2 is 2.30 bits per heavy atom. The second-order valence-corrected chi connectivity index (χ2v) is 9.34. The number of hydrogen-bond acceptors (Lipinski definition) is 7. The summed E-state index contributed by atoms with van der Waals surface area (Å²) in [6.45, 7) is 6.16. The number of thioether (sulfide) groups is 1. The number of nitrogens with zero attached hydrogens (tertiary/aromatic N) is 2. The third-order valence-corrected chi connectivity index (χ3v) is 7.49. The van der Waals surface area contributed by atoms with Crippen LogP contribution in [0, 0.1) is 0 Å². The maximum Gasteiger partial charge on any atom is 0.105 e. The molecule has 0 saturated carbocycles. The molecule has 3 rings (SSSR count). The van der Waals surface area contributed by atoms with Crippen molar-refractivity contribution in [2.24, 2.45) is 10.7 Å². The molecule has 5 nitrogen and oxygen atoms in total. The van der Waals surface area contributed by atoms with E-state index in [1.807, 2.05) is 17.6 Å². The highest BCUT2D eigenvalue weighted by atomic mass is 32.2. The summed E-state index contributed by atoms with van der Waals surface area (Å²) in [6, 6.07) is 2.18. The van der Waals surface area contributed by atoms with Gasteiger partial charge >= 0.3 is 0 Å². The van der Waals surface area contributed by atoms with Gasteiger partial charge in [0.05, 0.1) is 6.61 Å². The summed E-state index contributed by atoms with van der Waals surface area (Å²) in [5.74, 6) is 1.03. The third kappa shape index (κ3) is 4.77. The van der Waals surface area contributed by atoms with Crippen molar-refractivity contribution in [2.75, 3.05) is 44.8 Å². The van der Waals surface area contributed by atoms with Gasteiger partial charge in [-0.2, -0.15) is 11.8 Å². The van der Waals surface area contributed by atoms with Gasteiger partial charge in [-0.25, -0.2) is 0 Å². The van der Waals surface area contributed by atoms with Crippen LogP contribution in [-0.4, -0.2) is 61.0 Å². The predicted molar refractivity (Wildman–Crippen MR) is 116 cm³/mol. The number of ether oxygens (including phenoxy) is 1. The van der Waals surface area contributed by atoms with E-state index in [-0.39, 0.29) is 5.60 Å². The van der Waals surface area contributed by atoms with Crippen LogP contribution >= 0.6 is 23.1 Å². The van der Waals surface area contributed by atoms with Gasteiger partial charge in [-0.15, -0.1) is 11.3 Å². The molecule has 1 unspecified atom stereocenters. The Balaban J connectivity index is 1.63. The summed E-state index contributed by atoms with van der Waals surface area (Å²) in [7, 11) is 0. The first-order valence-electron chi connectivity index (χ1n) is 9.69. The van der Waals surface area contributed by atoms with Crippen molar-refractivity contribution in [3.8, 4) is 0 Å². The average Bonchev–Trinajstić information content (AvgIpc) is 3.15. The molecule has 2 aliphatic heterocycles. The normalized spacial score (nSPS) is 23.2. The third-order valence-electron chi connectivity index (χ3n) is 5.42. The Bertz CT molecular complexity index is 679. The van der Waals surface area contributed by atoms with Crippen molar-refractivity contribution in [3.63, 3.8) is 0 Å². The minimum atomic E-state index is -0.482. The number of rotatable bonds is 7. The second kappa shape index (κ2) is 9.56. The quantitative estimate of drug-likeness (QED) is 0.535. The maximum absolute atomic E-state index is 10.3. The molecule has 0 bridgehead atoms. The maximum atomic E-state index is 10.3. The minimum absolute atomic E-state index is 0.220. The van der Waals surface area contributed by atoms with E-state index in [2.05, 4.69) is 29.1 Å². The van der Waals surface area contributed by atoms with Crippen LogP contribution in [0.15, 0.2) is 22.8 Å². The van der Waals surface area contributed by atoms with Crippen LogP contribution in [-0.2, 0) is 16.8 Å². The van der Waals surface area contributed by atoms with Gasteiger partial charge in [0.25, 0.3) is 0 Å². The van der Waals surface area contributed by atoms with Gasteiger partial charge in [0, 0.05) is 47.9 Å². The van der Waals surface area contributed by atoms with Gasteiger partial charge in [-0.05, 0) is 48.9 Å². The molecule has 3 N–H and O–H groups in total. The number of hydrogen-bond donors (Lipinski definition) is 2. The van der Waals surface area contributed by atoms with Crippen LogP contribution in [0.5, 0.6) is 0 Å². The van der Waals surface area contributed by atoms with E-state index in [4.69, 9.17) is 10.5 Å². The summed E-state index contributed by atoms with van der Waals surface area (Å²) >= 11 is 3.62. The summed E-state index contributed by atoms with van der Waals surface area (Å²) in [5, 5.41) is 10.3. The first-order chi connectivity index (χ1) is 13.1. The number of aryl methyl sites for hydroxylation is 1. The standard InChI is InChI=1S/C20H31N3O2S2/c1-3-16-10-17-18(24)14-25-20(19(17)27-16)4-7-23(8-5-20)13-15(11-21)12-22-6-9-26-2/h10-12,18,24H,3-9,13-14,21H2,1-2H3/b15-11+,22-12?. The molecule has 1 aromatic heterocycles. The Morgan fingerprint density at radius 1 is 1.52 bits per heavy atom. The number of fused-ring (bicyclic) bond motifs is 2. The highest BCUT2D eigenvalue weighted by molar-refractivity contribution is 7.98. The smallest absolute Gasteiger partial charge is 0.105 e. The molecule has 1 saturated heterocycles. The molecule has 0 aromatic carbocycles. The molecule has 0 aliphatic carbocycles. The van der Waals surface area contributed by atoms with E-state index in [1.54, 1.807) is 18.0 Å². The fraction of sp³-hybridized carbons (Fsp3) is 0.650. The highest BCUT2D eigenvalue weighted by Gasteiger charge is 2.44.